The molecule has 0 aliphatic heterocycles. The molecule has 0 saturated carbocycles. The zero-order valence-electron chi connectivity index (χ0n) is 8.93. The maximum absolute atomic E-state index is 13.6. The Morgan fingerprint density at radius 3 is 2.56 bits per heavy atom. The lowest BCUT2D eigenvalue weighted by Crippen LogP contribution is -2.39. The summed E-state index contributed by atoms with van der Waals surface area (Å²) in [5.41, 5.74) is 4.00. The molecular formula is C11H14BrF2NO. The van der Waals surface area contributed by atoms with E-state index in [1.807, 2.05) is 0 Å². The van der Waals surface area contributed by atoms with E-state index in [1.165, 1.54) is 6.07 Å². The van der Waals surface area contributed by atoms with Gasteiger partial charge in [0.25, 0.3) is 0 Å². The summed E-state index contributed by atoms with van der Waals surface area (Å²) in [6.07, 6.45) is 0.214. The molecule has 0 radical (unpaired) electrons. The summed E-state index contributed by atoms with van der Waals surface area (Å²) >= 11 is 2.98. The molecule has 1 atom stereocenters. The highest BCUT2D eigenvalue weighted by Crippen LogP contribution is 2.26. The maximum Gasteiger partial charge on any atom is 0.143 e. The van der Waals surface area contributed by atoms with Crippen molar-refractivity contribution in [2.45, 2.75) is 25.4 Å². The zero-order chi connectivity index (χ0) is 12.3. The van der Waals surface area contributed by atoms with Crippen LogP contribution in [0.5, 0.6) is 0 Å². The van der Waals surface area contributed by atoms with E-state index in [0.717, 1.165) is 6.07 Å². The van der Waals surface area contributed by atoms with Crippen molar-refractivity contribution in [1.29, 1.82) is 0 Å². The monoisotopic (exact) mass is 293 g/mol. The van der Waals surface area contributed by atoms with Gasteiger partial charge in [0.05, 0.1) is 10.1 Å². The van der Waals surface area contributed by atoms with Gasteiger partial charge in [0.2, 0.25) is 0 Å². The van der Waals surface area contributed by atoms with Gasteiger partial charge in [-0.2, -0.15) is 0 Å². The molecule has 0 saturated heterocycles. The van der Waals surface area contributed by atoms with Gasteiger partial charge in [-0.3, -0.25) is 0 Å². The molecule has 3 N–H and O–H groups in total. The third-order valence-corrected chi connectivity index (χ3v) is 3.30. The first-order chi connectivity index (χ1) is 7.43. The van der Waals surface area contributed by atoms with Crippen LogP contribution in [0.3, 0.4) is 0 Å². The number of hydrogen-bond acceptors (Lipinski definition) is 2. The second-order valence-electron chi connectivity index (χ2n) is 3.78. The Hall–Kier alpha value is -0.520. The summed E-state index contributed by atoms with van der Waals surface area (Å²) in [7, 11) is 0. The van der Waals surface area contributed by atoms with Gasteiger partial charge in [-0.05, 0) is 34.5 Å². The number of benzene rings is 1. The van der Waals surface area contributed by atoms with Crippen LogP contribution in [0.15, 0.2) is 16.6 Å². The topological polar surface area (TPSA) is 46.2 Å². The second-order valence-corrected chi connectivity index (χ2v) is 4.63. The Bertz CT molecular complexity index is 380. The summed E-state index contributed by atoms with van der Waals surface area (Å²) in [5.74, 6) is -1.35. The van der Waals surface area contributed by atoms with Gasteiger partial charge in [-0.25, -0.2) is 8.78 Å². The Labute approximate surface area is 102 Å². The van der Waals surface area contributed by atoms with Crippen LogP contribution in [0.2, 0.25) is 0 Å². The SMILES string of the molecule is CCC(O)(CN)Cc1c(F)ccc(Br)c1F. The van der Waals surface area contributed by atoms with E-state index >= 15 is 0 Å². The average molecular weight is 294 g/mol. The molecule has 2 nitrogen and oxygen atoms in total. The van der Waals surface area contributed by atoms with Crippen molar-refractivity contribution in [2.24, 2.45) is 5.73 Å². The van der Waals surface area contributed by atoms with Crippen molar-refractivity contribution in [2.75, 3.05) is 6.54 Å². The van der Waals surface area contributed by atoms with E-state index in [4.69, 9.17) is 5.73 Å². The smallest absolute Gasteiger partial charge is 0.143 e. The second kappa shape index (κ2) is 5.21. The third-order valence-electron chi connectivity index (χ3n) is 2.68. The lowest BCUT2D eigenvalue weighted by Gasteiger charge is -2.25. The van der Waals surface area contributed by atoms with E-state index < -0.39 is 17.2 Å². The lowest BCUT2D eigenvalue weighted by atomic mass is 9.91. The Morgan fingerprint density at radius 2 is 2.06 bits per heavy atom. The molecule has 0 spiro atoms. The Kier molecular flexibility index (Phi) is 4.41. The van der Waals surface area contributed by atoms with Gasteiger partial charge in [0.1, 0.15) is 11.6 Å². The van der Waals surface area contributed by atoms with Gasteiger partial charge < -0.3 is 10.8 Å². The van der Waals surface area contributed by atoms with Crippen molar-refractivity contribution in [3.05, 3.63) is 33.8 Å². The van der Waals surface area contributed by atoms with E-state index in [0.29, 0.717) is 6.42 Å². The Morgan fingerprint density at radius 1 is 1.44 bits per heavy atom. The van der Waals surface area contributed by atoms with Gasteiger partial charge in [0, 0.05) is 18.5 Å². The largest absolute Gasteiger partial charge is 0.388 e. The normalized spacial score (nSPS) is 14.9. The fraction of sp³-hybridized carbons (Fsp3) is 0.455. The summed E-state index contributed by atoms with van der Waals surface area (Å²) < 4.78 is 27.2. The highest BCUT2D eigenvalue weighted by molar-refractivity contribution is 9.10. The van der Waals surface area contributed by atoms with E-state index in [-0.39, 0.29) is 23.0 Å². The highest BCUT2D eigenvalue weighted by atomic mass is 79.9. The van der Waals surface area contributed by atoms with Gasteiger partial charge in [0.15, 0.2) is 0 Å². The molecule has 0 bridgehead atoms. The minimum atomic E-state index is -1.26. The summed E-state index contributed by atoms with van der Waals surface area (Å²) in [5, 5.41) is 9.95. The van der Waals surface area contributed by atoms with Crippen molar-refractivity contribution >= 4 is 15.9 Å². The van der Waals surface area contributed by atoms with Crippen molar-refractivity contribution in [3.63, 3.8) is 0 Å². The number of halogens is 3. The molecule has 1 aromatic rings. The van der Waals surface area contributed by atoms with Crippen LogP contribution in [0.1, 0.15) is 18.9 Å². The molecule has 0 aliphatic carbocycles. The van der Waals surface area contributed by atoms with Crippen LogP contribution in [0.25, 0.3) is 0 Å². The molecule has 1 rings (SSSR count). The molecule has 0 heterocycles. The minimum Gasteiger partial charge on any atom is -0.388 e. The fourth-order valence-electron chi connectivity index (χ4n) is 1.40. The van der Waals surface area contributed by atoms with Gasteiger partial charge in [-0.15, -0.1) is 0 Å². The lowest BCUT2D eigenvalue weighted by molar-refractivity contribution is 0.0438. The molecule has 0 amide bonds. The molecule has 5 heteroatoms. The summed E-state index contributed by atoms with van der Waals surface area (Å²) in [4.78, 5) is 0. The van der Waals surface area contributed by atoms with Gasteiger partial charge in [-0.1, -0.05) is 6.92 Å². The third kappa shape index (κ3) is 2.78. The molecule has 90 valence electrons. The predicted octanol–water partition coefficient (Wildman–Crippen LogP) is 2.37. The quantitative estimate of drug-likeness (QED) is 0.837. The molecule has 1 aromatic carbocycles. The van der Waals surface area contributed by atoms with E-state index in [1.54, 1.807) is 6.92 Å². The van der Waals surface area contributed by atoms with Crippen LogP contribution in [-0.4, -0.2) is 17.3 Å². The Balaban J connectivity index is 3.10. The van der Waals surface area contributed by atoms with Gasteiger partial charge >= 0.3 is 0 Å². The highest BCUT2D eigenvalue weighted by Gasteiger charge is 2.27. The number of rotatable bonds is 4. The first-order valence-electron chi connectivity index (χ1n) is 4.98. The first-order valence-corrected chi connectivity index (χ1v) is 5.77. The molecule has 0 aromatic heterocycles. The van der Waals surface area contributed by atoms with Crippen molar-refractivity contribution in [1.82, 2.24) is 0 Å². The zero-order valence-corrected chi connectivity index (χ0v) is 10.5. The van der Waals surface area contributed by atoms with E-state index in [2.05, 4.69) is 15.9 Å². The van der Waals surface area contributed by atoms with Crippen LogP contribution in [0.4, 0.5) is 8.78 Å². The van der Waals surface area contributed by atoms with Crippen molar-refractivity contribution < 1.29 is 13.9 Å². The predicted molar refractivity (Wildman–Crippen MR) is 62.1 cm³/mol. The van der Waals surface area contributed by atoms with Crippen LogP contribution in [-0.2, 0) is 6.42 Å². The molecule has 0 fully saturated rings. The van der Waals surface area contributed by atoms with Crippen LogP contribution >= 0.6 is 15.9 Å². The maximum atomic E-state index is 13.6. The van der Waals surface area contributed by atoms with Crippen LogP contribution < -0.4 is 5.73 Å². The summed E-state index contributed by atoms with van der Waals surface area (Å²) in [6, 6.07) is 2.46. The average Bonchev–Trinajstić information content (AvgIpc) is 2.29. The minimum absolute atomic E-state index is 0.0328. The standard InChI is InChI=1S/C11H14BrF2NO/c1-2-11(16,6-15)5-7-9(13)4-3-8(12)10(7)14/h3-4,16H,2,5-6,15H2,1H3. The fourth-order valence-corrected chi connectivity index (χ4v) is 1.77. The molecule has 16 heavy (non-hydrogen) atoms. The molecule has 1 unspecified atom stereocenters. The van der Waals surface area contributed by atoms with Crippen LogP contribution in [0, 0.1) is 11.6 Å². The molecular weight excluding hydrogens is 280 g/mol. The van der Waals surface area contributed by atoms with Crippen molar-refractivity contribution in [3.8, 4) is 0 Å². The first kappa shape index (κ1) is 13.5. The van der Waals surface area contributed by atoms with E-state index in [9.17, 15) is 13.9 Å². The molecule has 0 aliphatic rings. The number of nitrogens with two attached hydrogens (primary N) is 1. The number of aliphatic hydroxyl groups is 1. The number of hydrogen-bond donors (Lipinski definition) is 2. The summed E-state index contributed by atoms with van der Waals surface area (Å²) in [6.45, 7) is 1.69.